The Balaban J connectivity index is 0.000000637. The van der Waals surface area contributed by atoms with E-state index in [9.17, 15) is 0 Å². The molecule has 1 spiro atoms. The van der Waals surface area contributed by atoms with Crippen molar-refractivity contribution in [3.63, 3.8) is 0 Å². The Kier molecular flexibility index (Phi) is 5.27. The molecule has 3 fully saturated rings. The standard InChI is InChI=1S/C14H27N3.C2H6/c1-12(2)17-5-3-13(4-6-17)7-16-10-14(11-16)8-15-9-14;1-2/h12-13,15H,3-11H2,1-2H3;1-2H3. The van der Waals surface area contributed by atoms with Crippen LogP contribution in [0.2, 0.25) is 0 Å². The average molecular weight is 267 g/mol. The van der Waals surface area contributed by atoms with Crippen molar-refractivity contribution >= 4 is 0 Å². The molecule has 0 aromatic rings. The first-order valence-electron chi connectivity index (χ1n) is 8.34. The van der Waals surface area contributed by atoms with Gasteiger partial charge in [0.1, 0.15) is 0 Å². The minimum Gasteiger partial charge on any atom is -0.315 e. The van der Waals surface area contributed by atoms with Crippen LogP contribution in [-0.2, 0) is 0 Å². The largest absolute Gasteiger partial charge is 0.315 e. The van der Waals surface area contributed by atoms with Crippen LogP contribution in [0.4, 0.5) is 0 Å². The topological polar surface area (TPSA) is 18.5 Å². The van der Waals surface area contributed by atoms with E-state index in [0.29, 0.717) is 5.41 Å². The van der Waals surface area contributed by atoms with E-state index >= 15 is 0 Å². The smallest absolute Gasteiger partial charge is 0.0207 e. The van der Waals surface area contributed by atoms with E-state index in [1.807, 2.05) is 13.8 Å². The molecule has 0 radical (unpaired) electrons. The van der Waals surface area contributed by atoms with Crippen molar-refractivity contribution in [3.8, 4) is 0 Å². The number of nitrogens with one attached hydrogen (secondary N) is 1. The van der Waals surface area contributed by atoms with Gasteiger partial charge in [0.15, 0.2) is 0 Å². The first kappa shape index (κ1) is 15.3. The maximum absolute atomic E-state index is 3.41. The molecule has 3 nitrogen and oxygen atoms in total. The van der Waals surface area contributed by atoms with Crippen LogP contribution in [-0.4, -0.2) is 61.7 Å². The van der Waals surface area contributed by atoms with Crippen LogP contribution in [0.3, 0.4) is 0 Å². The molecular formula is C16H33N3. The summed E-state index contributed by atoms with van der Waals surface area (Å²) in [4.78, 5) is 5.32. The molecule has 3 aliphatic rings. The van der Waals surface area contributed by atoms with Gasteiger partial charge >= 0.3 is 0 Å². The lowest BCUT2D eigenvalue weighted by atomic mass is 9.74. The summed E-state index contributed by atoms with van der Waals surface area (Å²) >= 11 is 0. The van der Waals surface area contributed by atoms with E-state index in [2.05, 4.69) is 29.0 Å². The summed E-state index contributed by atoms with van der Waals surface area (Å²) < 4.78 is 0. The van der Waals surface area contributed by atoms with Gasteiger partial charge in [-0.2, -0.15) is 0 Å². The van der Waals surface area contributed by atoms with Crippen LogP contribution < -0.4 is 5.32 Å². The van der Waals surface area contributed by atoms with Crippen molar-refractivity contribution in [2.24, 2.45) is 11.3 Å². The van der Waals surface area contributed by atoms with Gasteiger partial charge in [-0.1, -0.05) is 13.8 Å². The number of nitrogens with zero attached hydrogens (tertiary/aromatic N) is 2. The molecule has 0 saturated carbocycles. The van der Waals surface area contributed by atoms with E-state index in [-0.39, 0.29) is 0 Å². The summed E-state index contributed by atoms with van der Waals surface area (Å²) in [6.45, 7) is 17.9. The second-order valence-corrected chi connectivity index (χ2v) is 6.85. The average Bonchev–Trinajstić information content (AvgIpc) is 2.34. The highest BCUT2D eigenvalue weighted by molar-refractivity contribution is 5.04. The van der Waals surface area contributed by atoms with Gasteiger partial charge in [0.2, 0.25) is 0 Å². The molecule has 3 heteroatoms. The van der Waals surface area contributed by atoms with E-state index in [1.54, 1.807) is 0 Å². The first-order valence-corrected chi connectivity index (χ1v) is 8.34. The molecule has 0 aromatic carbocycles. The fourth-order valence-electron chi connectivity index (χ4n) is 3.75. The number of piperidine rings is 1. The minimum absolute atomic E-state index is 0.707. The van der Waals surface area contributed by atoms with Crippen molar-refractivity contribution in [3.05, 3.63) is 0 Å². The highest BCUT2D eigenvalue weighted by Gasteiger charge is 2.47. The van der Waals surface area contributed by atoms with E-state index in [4.69, 9.17) is 0 Å². The molecule has 0 atom stereocenters. The lowest BCUT2D eigenvalue weighted by Crippen LogP contribution is -2.71. The van der Waals surface area contributed by atoms with Crippen molar-refractivity contribution in [1.29, 1.82) is 0 Å². The molecule has 112 valence electrons. The Labute approximate surface area is 119 Å². The second-order valence-electron chi connectivity index (χ2n) is 6.85. The van der Waals surface area contributed by atoms with Gasteiger partial charge in [0.05, 0.1) is 0 Å². The lowest BCUT2D eigenvalue weighted by Gasteiger charge is -2.57. The molecule has 0 aliphatic carbocycles. The fraction of sp³-hybridized carbons (Fsp3) is 1.00. The van der Waals surface area contributed by atoms with Crippen molar-refractivity contribution in [2.75, 3.05) is 45.8 Å². The summed E-state index contributed by atoms with van der Waals surface area (Å²) in [7, 11) is 0. The van der Waals surface area contributed by atoms with Crippen molar-refractivity contribution < 1.29 is 0 Å². The molecule has 3 rings (SSSR count). The van der Waals surface area contributed by atoms with Crippen molar-refractivity contribution in [2.45, 2.75) is 46.6 Å². The van der Waals surface area contributed by atoms with Crippen LogP contribution in [0, 0.1) is 11.3 Å². The van der Waals surface area contributed by atoms with Crippen LogP contribution in [0.15, 0.2) is 0 Å². The van der Waals surface area contributed by atoms with Gasteiger partial charge in [0.25, 0.3) is 0 Å². The van der Waals surface area contributed by atoms with E-state index in [0.717, 1.165) is 12.0 Å². The van der Waals surface area contributed by atoms with Gasteiger partial charge in [-0.15, -0.1) is 0 Å². The van der Waals surface area contributed by atoms with Gasteiger partial charge in [-0.05, 0) is 45.7 Å². The molecule has 3 heterocycles. The third-order valence-corrected chi connectivity index (χ3v) is 5.01. The number of rotatable bonds is 3. The van der Waals surface area contributed by atoms with E-state index in [1.165, 1.54) is 58.7 Å². The number of hydrogen-bond acceptors (Lipinski definition) is 3. The summed E-state index contributed by atoms with van der Waals surface area (Å²) in [5.74, 6) is 0.968. The highest BCUT2D eigenvalue weighted by atomic mass is 15.3. The van der Waals surface area contributed by atoms with Gasteiger partial charge in [-0.25, -0.2) is 0 Å². The van der Waals surface area contributed by atoms with Crippen LogP contribution >= 0.6 is 0 Å². The van der Waals surface area contributed by atoms with Crippen molar-refractivity contribution in [1.82, 2.24) is 15.1 Å². The van der Waals surface area contributed by atoms with Crippen LogP contribution in [0.5, 0.6) is 0 Å². The molecule has 1 N–H and O–H groups in total. The van der Waals surface area contributed by atoms with E-state index < -0.39 is 0 Å². The van der Waals surface area contributed by atoms with Gasteiger partial charge < -0.3 is 15.1 Å². The maximum atomic E-state index is 3.41. The predicted octanol–water partition coefficient (Wildman–Crippen LogP) is 2.04. The summed E-state index contributed by atoms with van der Waals surface area (Å²) in [6, 6.07) is 0.740. The quantitative estimate of drug-likeness (QED) is 0.844. The number of hydrogen-bond donors (Lipinski definition) is 1. The zero-order valence-electron chi connectivity index (χ0n) is 13.4. The fourth-order valence-corrected chi connectivity index (χ4v) is 3.75. The highest BCUT2D eigenvalue weighted by Crippen LogP contribution is 2.35. The Morgan fingerprint density at radius 2 is 1.68 bits per heavy atom. The first-order chi connectivity index (χ1) is 9.17. The molecule has 3 saturated heterocycles. The van der Waals surface area contributed by atoms with Crippen LogP contribution in [0.1, 0.15) is 40.5 Å². The normalized spacial score (nSPS) is 27.6. The third-order valence-electron chi connectivity index (χ3n) is 5.01. The summed E-state index contributed by atoms with van der Waals surface area (Å²) in [5, 5.41) is 3.41. The zero-order valence-corrected chi connectivity index (χ0v) is 13.4. The second kappa shape index (κ2) is 6.55. The molecule has 19 heavy (non-hydrogen) atoms. The Morgan fingerprint density at radius 1 is 1.11 bits per heavy atom. The monoisotopic (exact) mass is 267 g/mol. The molecule has 0 unspecified atom stereocenters. The molecule has 0 aromatic heterocycles. The summed E-state index contributed by atoms with van der Waals surface area (Å²) in [5.41, 5.74) is 0.707. The van der Waals surface area contributed by atoms with Gasteiger partial charge in [-0.3, -0.25) is 0 Å². The Morgan fingerprint density at radius 3 is 2.11 bits per heavy atom. The third kappa shape index (κ3) is 3.50. The molecule has 0 amide bonds. The minimum atomic E-state index is 0.707. The Bertz CT molecular complexity index is 257. The lowest BCUT2D eigenvalue weighted by molar-refractivity contribution is -0.0517. The maximum Gasteiger partial charge on any atom is 0.0207 e. The van der Waals surface area contributed by atoms with Crippen LogP contribution in [0.25, 0.3) is 0 Å². The number of likely N-dealkylation sites (tertiary alicyclic amines) is 2. The molecule has 3 aliphatic heterocycles. The Hall–Kier alpha value is -0.120. The SMILES string of the molecule is CC.CC(C)N1CCC(CN2CC3(CNC3)C2)CC1. The summed E-state index contributed by atoms with van der Waals surface area (Å²) in [6.07, 6.45) is 2.83. The molecule has 0 bridgehead atoms. The van der Waals surface area contributed by atoms with Gasteiger partial charge in [0, 0.05) is 44.2 Å². The predicted molar refractivity (Wildman–Crippen MR) is 82.5 cm³/mol. The molecular weight excluding hydrogens is 234 g/mol. The zero-order chi connectivity index (χ0) is 13.9.